The molecule has 0 saturated carbocycles. The second kappa shape index (κ2) is 8.54. The standard InChI is InChI=1S/C14H27NO2/c1-4-9-15-14(8-7-12(2)16-3)13-6-5-10-17-11-13/h11-12,14-15H,4-10H2,1-3H3. The monoisotopic (exact) mass is 241 g/mol. The number of nitrogens with one attached hydrogen (secondary N) is 1. The minimum absolute atomic E-state index is 0.339. The molecule has 3 heteroatoms. The van der Waals surface area contributed by atoms with E-state index in [4.69, 9.17) is 9.47 Å². The molecular weight excluding hydrogens is 214 g/mol. The lowest BCUT2D eigenvalue weighted by Gasteiger charge is -2.25. The largest absolute Gasteiger partial charge is 0.501 e. The molecule has 0 spiro atoms. The third-order valence-electron chi connectivity index (χ3n) is 3.31. The van der Waals surface area contributed by atoms with Crippen LogP contribution in [-0.4, -0.2) is 32.4 Å². The summed E-state index contributed by atoms with van der Waals surface area (Å²) in [6.45, 7) is 6.28. The molecule has 0 aromatic heterocycles. The summed E-state index contributed by atoms with van der Waals surface area (Å²) >= 11 is 0. The first-order valence-electron chi connectivity index (χ1n) is 6.84. The van der Waals surface area contributed by atoms with E-state index in [0.717, 1.165) is 32.4 Å². The zero-order valence-corrected chi connectivity index (χ0v) is 11.5. The summed E-state index contributed by atoms with van der Waals surface area (Å²) in [4.78, 5) is 0. The minimum atomic E-state index is 0.339. The van der Waals surface area contributed by atoms with E-state index in [0.29, 0.717) is 12.1 Å². The van der Waals surface area contributed by atoms with Crippen molar-refractivity contribution < 1.29 is 9.47 Å². The van der Waals surface area contributed by atoms with Crippen molar-refractivity contribution in [3.63, 3.8) is 0 Å². The van der Waals surface area contributed by atoms with E-state index in [-0.39, 0.29) is 0 Å². The topological polar surface area (TPSA) is 30.5 Å². The molecule has 0 fully saturated rings. The van der Waals surface area contributed by atoms with Gasteiger partial charge in [0.1, 0.15) is 0 Å². The molecule has 0 radical (unpaired) electrons. The molecule has 0 bridgehead atoms. The number of hydrogen-bond donors (Lipinski definition) is 1. The fourth-order valence-electron chi connectivity index (χ4n) is 2.10. The van der Waals surface area contributed by atoms with Crippen LogP contribution >= 0.6 is 0 Å². The predicted molar refractivity (Wildman–Crippen MR) is 71.1 cm³/mol. The summed E-state index contributed by atoms with van der Waals surface area (Å²) in [7, 11) is 1.78. The highest BCUT2D eigenvalue weighted by molar-refractivity contribution is 5.10. The van der Waals surface area contributed by atoms with E-state index >= 15 is 0 Å². The first kappa shape index (κ1) is 14.5. The normalized spacial score (nSPS) is 19.4. The third kappa shape index (κ3) is 5.55. The zero-order chi connectivity index (χ0) is 12.5. The fraction of sp³-hybridized carbons (Fsp3) is 0.857. The molecule has 1 N–H and O–H groups in total. The van der Waals surface area contributed by atoms with Crippen molar-refractivity contribution in [3.8, 4) is 0 Å². The molecule has 0 saturated heterocycles. The molecule has 0 aromatic carbocycles. The lowest BCUT2D eigenvalue weighted by Crippen LogP contribution is -2.33. The second-order valence-electron chi connectivity index (χ2n) is 4.80. The molecule has 0 aliphatic carbocycles. The molecule has 1 heterocycles. The van der Waals surface area contributed by atoms with Gasteiger partial charge in [-0.05, 0) is 51.1 Å². The summed E-state index contributed by atoms with van der Waals surface area (Å²) in [6, 6.07) is 0.466. The van der Waals surface area contributed by atoms with Gasteiger partial charge in [-0.15, -0.1) is 0 Å². The van der Waals surface area contributed by atoms with Crippen molar-refractivity contribution in [3.05, 3.63) is 11.8 Å². The van der Waals surface area contributed by atoms with Crippen LogP contribution in [0.1, 0.15) is 46.0 Å². The minimum Gasteiger partial charge on any atom is -0.501 e. The van der Waals surface area contributed by atoms with Gasteiger partial charge in [0.2, 0.25) is 0 Å². The maximum Gasteiger partial charge on any atom is 0.0876 e. The van der Waals surface area contributed by atoms with Gasteiger partial charge in [-0.3, -0.25) is 0 Å². The summed E-state index contributed by atoms with van der Waals surface area (Å²) in [6.07, 6.45) is 8.02. The maximum atomic E-state index is 5.44. The lowest BCUT2D eigenvalue weighted by molar-refractivity contribution is 0.106. The highest BCUT2D eigenvalue weighted by Crippen LogP contribution is 2.20. The molecule has 1 aliphatic rings. The first-order chi connectivity index (χ1) is 8.27. The van der Waals surface area contributed by atoms with Crippen LogP contribution in [0.5, 0.6) is 0 Å². The van der Waals surface area contributed by atoms with Crippen molar-refractivity contribution in [1.82, 2.24) is 5.32 Å². The smallest absolute Gasteiger partial charge is 0.0876 e. The number of ether oxygens (including phenoxy) is 2. The Morgan fingerprint density at radius 1 is 1.47 bits per heavy atom. The molecule has 100 valence electrons. The molecule has 1 rings (SSSR count). The Morgan fingerprint density at radius 3 is 2.88 bits per heavy atom. The Bertz CT molecular complexity index is 228. The van der Waals surface area contributed by atoms with Gasteiger partial charge in [0.05, 0.1) is 19.0 Å². The maximum absolute atomic E-state index is 5.44. The molecular formula is C14H27NO2. The third-order valence-corrected chi connectivity index (χ3v) is 3.31. The Hall–Kier alpha value is -0.540. The number of rotatable bonds is 8. The highest BCUT2D eigenvalue weighted by Gasteiger charge is 2.17. The SMILES string of the molecule is CCCNC(CCC(C)OC)C1=COCCC1. The Morgan fingerprint density at radius 2 is 2.29 bits per heavy atom. The van der Waals surface area contributed by atoms with Crippen molar-refractivity contribution >= 4 is 0 Å². The number of hydrogen-bond acceptors (Lipinski definition) is 3. The van der Waals surface area contributed by atoms with Crippen LogP contribution in [-0.2, 0) is 9.47 Å². The predicted octanol–water partition coefficient (Wildman–Crippen LogP) is 2.86. The van der Waals surface area contributed by atoms with Crippen molar-refractivity contribution in [2.75, 3.05) is 20.3 Å². The second-order valence-corrected chi connectivity index (χ2v) is 4.80. The van der Waals surface area contributed by atoms with Crippen molar-refractivity contribution in [2.24, 2.45) is 0 Å². The Labute approximate surface area is 106 Å². The Kier molecular flexibility index (Phi) is 7.29. The summed E-state index contributed by atoms with van der Waals surface area (Å²) in [5.41, 5.74) is 1.42. The van der Waals surface area contributed by atoms with Gasteiger partial charge in [0.15, 0.2) is 0 Å². The zero-order valence-electron chi connectivity index (χ0n) is 11.5. The molecule has 2 unspecified atom stereocenters. The quantitative estimate of drug-likeness (QED) is 0.709. The van der Waals surface area contributed by atoms with Crippen molar-refractivity contribution in [2.45, 2.75) is 58.1 Å². The first-order valence-corrected chi connectivity index (χ1v) is 6.84. The van der Waals surface area contributed by atoms with Crippen LogP contribution in [0, 0.1) is 0 Å². The van der Waals surface area contributed by atoms with E-state index in [2.05, 4.69) is 19.2 Å². The summed E-state index contributed by atoms with van der Waals surface area (Å²) in [5, 5.41) is 3.61. The van der Waals surface area contributed by atoms with Gasteiger partial charge in [0.25, 0.3) is 0 Å². The average Bonchev–Trinajstić information content (AvgIpc) is 2.39. The summed E-state index contributed by atoms with van der Waals surface area (Å²) < 4.78 is 10.8. The molecule has 2 atom stereocenters. The van der Waals surface area contributed by atoms with Gasteiger partial charge in [-0.25, -0.2) is 0 Å². The fourth-order valence-corrected chi connectivity index (χ4v) is 2.10. The molecule has 17 heavy (non-hydrogen) atoms. The molecule has 0 amide bonds. The van der Waals surface area contributed by atoms with Crippen LogP contribution < -0.4 is 5.32 Å². The highest BCUT2D eigenvalue weighted by atomic mass is 16.5. The van der Waals surface area contributed by atoms with E-state index in [9.17, 15) is 0 Å². The van der Waals surface area contributed by atoms with Gasteiger partial charge >= 0.3 is 0 Å². The number of methoxy groups -OCH3 is 1. The van der Waals surface area contributed by atoms with Gasteiger partial charge in [-0.2, -0.15) is 0 Å². The van der Waals surface area contributed by atoms with Gasteiger partial charge < -0.3 is 14.8 Å². The van der Waals surface area contributed by atoms with E-state index in [1.165, 1.54) is 18.4 Å². The Balaban J connectivity index is 2.44. The van der Waals surface area contributed by atoms with E-state index < -0.39 is 0 Å². The molecule has 3 nitrogen and oxygen atoms in total. The summed E-state index contributed by atoms with van der Waals surface area (Å²) in [5.74, 6) is 0. The van der Waals surface area contributed by atoms with Crippen molar-refractivity contribution in [1.29, 1.82) is 0 Å². The lowest BCUT2D eigenvalue weighted by atomic mass is 9.96. The van der Waals surface area contributed by atoms with Crippen LogP contribution in [0.4, 0.5) is 0 Å². The molecule has 0 aromatic rings. The van der Waals surface area contributed by atoms with E-state index in [1.54, 1.807) is 7.11 Å². The average molecular weight is 241 g/mol. The van der Waals surface area contributed by atoms with Crippen LogP contribution in [0.25, 0.3) is 0 Å². The van der Waals surface area contributed by atoms with Gasteiger partial charge in [-0.1, -0.05) is 6.92 Å². The molecule has 1 aliphatic heterocycles. The van der Waals surface area contributed by atoms with E-state index in [1.807, 2.05) is 6.26 Å². The van der Waals surface area contributed by atoms with Crippen LogP contribution in [0.3, 0.4) is 0 Å². The van der Waals surface area contributed by atoms with Crippen LogP contribution in [0.15, 0.2) is 11.8 Å². The van der Waals surface area contributed by atoms with Crippen LogP contribution in [0.2, 0.25) is 0 Å². The van der Waals surface area contributed by atoms with Gasteiger partial charge in [0, 0.05) is 13.2 Å².